The molecule has 17 heavy (non-hydrogen) atoms. The number of benzene rings is 1. The first kappa shape index (κ1) is 11.6. The highest BCUT2D eigenvalue weighted by molar-refractivity contribution is 5.60. The molecule has 0 amide bonds. The minimum absolute atomic E-state index is 0.0352. The number of rotatable bonds is 1. The van der Waals surface area contributed by atoms with E-state index < -0.39 is 17.6 Å². The summed E-state index contributed by atoms with van der Waals surface area (Å²) in [5.41, 5.74) is 0.622. The molecule has 0 fully saturated rings. The van der Waals surface area contributed by atoms with Gasteiger partial charge in [-0.2, -0.15) is 4.39 Å². The topological polar surface area (TPSA) is 12.9 Å². The van der Waals surface area contributed by atoms with Gasteiger partial charge in [-0.1, -0.05) is 12.1 Å². The zero-order valence-corrected chi connectivity index (χ0v) is 9.39. The third-order valence-corrected chi connectivity index (χ3v) is 2.59. The number of hydrogen-bond acceptors (Lipinski definition) is 1. The minimum atomic E-state index is -0.999. The molecule has 0 N–H and O–H groups in total. The van der Waals surface area contributed by atoms with E-state index in [4.69, 9.17) is 0 Å². The molecule has 4 heteroatoms. The van der Waals surface area contributed by atoms with Gasteiger partial charge in [0.2, 0.25) is 5.95 Å². The lowest BCUT2D eigenvalue weighted by Crippen LogP contribution is -1.97. The summed E-state index contributed by atoms with van der Waals surface area (Å²) >= 11 is 0. The highest BCUT2D eigenvalue weighted by Crippen LogP contribution is 2.25. The standard InChI is InChI=1S/C13H10F3N/c1-7-3-5-9(12(15)11(7)14)10-6-4-8(2)13(16)17-10/h3-6H,1-2H3. The zero-order chi connectivity index (χ0) is 12.6. The van der Waals surface area contributed by atoms with E-state index in [0.29, 0.717) is 5.56 Å². The molecule has 0 radical (unpaired) electrons. The molecule has 88 valence electrons. The predicted molar refractivity (Wildman–Crippen MR) is 59.0 cm³/mol. The predicted octanol–water partition coefficient (Wildman–Crippen LogP) is 3.78. The van der Waals surface area contributed by atoms with Crippen LogP contribution < -0.4 is 0 Å². The van der Waals surface area contributed by atoms with Crippen molar-refractivity contribution in [2.75, 3.05) is 0 Å². The van der Waals surface area contributed by atoms with Crippen LogP contribution in [0.2, 0.25) is 0 Å². The fourth-order valence-corrected chi connectivity index (χ4v) is 1.50. The van der Waals surface area contributed by atoms with Crippen LogP contribution in [-0.4, -0.2) is 4.98 Å². The van der Waals surface area contributed by atoms with Gasteiger partial charge in [-0.25, -0.2) is 13.8 Å². The van der Waals surface area contributed by atoms with Crippen molar-refractivity contribution < 1.29 is 13.2 Å². The van der Waals surface area contributed by atoms with E-state index in [1.807, 2.05) is 0 Å². The lowest BCUT2D eigenvalue weighted by Gasteiger charge is -2.06. The van der Waals surface area contributed by atoms with Gasteiger partial charge in [-0.05, 0) is 31.5 Å². The van der Waals surface area contributed by atoms with E-state index in [2.05, 4.69) is 4.98 Å². The summed E-state index contributed by atoms with van der Waals surface area (Å²) in [7, 11) is 0. The Balaban J connectivity index is 2.61. The molecular weight excluding hydrogens is 227 g/mol. The van der Waals surface area contributed by atoms with Gasteiger partial charge in [0.15, 0.2) is 11.6 Å². The van der Waals surface area contributed by atoms with E-state index in [9.17, 15) is 13.2 Å². The number of nitrogens with zero attached hydrogens (tertiary/aromatic N) is 1. The average Bonchev–Trinajstić information content (AvgIpc) is 2.30. The lowest BCUT2D eigenvalue weighted by molar-refractivity contribution is 0.504. The Labute approximate surface area is 96.9 Å². The number of aromatic nitrogens is 1. The highest BCUT2D eigenvalue weighted by atomic mass is 19.2. The first-order chi connectivity index (χ1) is 8.00. The maximum absolute atomic E-state index is 13.6. The van der Waals surface area contributed by atoms with Crippen molar-refractivity contribution in [1.29, 1.82) is 0 Å². The van der Waals surface area contributed by atoms with Crippen molar-refractivity contribution in [3.63, 3.8) is 0 Å². The van der Waals surface area contributed by atoms with E-state index in [0.717, 1.165) is 0 Å². The van der Waals surface area contributed by atoms with E-state index in [-0.39, 0.29) is 16.8 Å². The Kier molecular flexibility index (Phi) is 2.88. The van der Waals surface area contributed by atoms with Gasteiger partial charge in [0.25, 0.3) is 0 Å². The number of pyridine rings is 1. The monoisotopic (exact) mass is 237 g/mol. The van der Waals surface area contributed by atoms with Gasteiger partial charge in [-0.3, -0.25) is 0 Å². The molecule has 0 saturated heterocycles. The molecule has 0 aliphatic rings. The summed E-state index contributed by atoms with van der Waals surface area (Å²) in [5.74, 6) is -2.60. The van der Waals surface area contributed by atoms with Crippen LogP contribution in [0.5, 0.6) is 0 Å². The van der Waals surface area contributed by atoms with Crippen LogP contribution in [0.15, 0.2) is 24.3 Å². The zero-order valence-electron chi connectivity index (χ0n) is 9.39. The average molecular weight is 237 g/mol. The van der Waals surface area contributed by atoms with Gasteiger partial charge in [-0.15, -0.1) is 0 Å². The Morgan fingerprint density at radius 3 is 2.12 bits per heavy atom. The van der Waals surface area contributed by atoms with Gasteiger partial charge in [0, 0.05) is 11.1 Å². The molecular formula is C13H10F3N. The lowest BCUT2D eigenvalue weighted by atomic mass is 10.1. The second kappa shape index (κ2) is 4.20. The Morgan fingerprint density at radius 2 is 1.47 bits per heavy atom. The van der Waals surface area contributed by atoms with Crippen molar-refractivity contribution in [3.8, 4) is 11.3 Å². The second-order valence-electron chi connectivity index (χ2n) is 3.86. The van der Waals surface area contributed by atoms with Crippen LogP contribution >= 0.6 is 0 Å². The summed E-state index contributed by atoms with van der Waals surface area (Å²) in [6.45, 7) is 3.02. The largest absolute Gasteiger partial charge is 0.219 e. The molecule has 2 aromatic rings. The van der Waals surface area contributed by atoms with Crippen molar-refractivity contribution in [2.45, 2.75) is 13.8 Å². The van der Waals surface area contributed by atoms with Crippen molar-refractivity contribution in [3.05, 3.63) is 53.0 Å². The van der Waals surface area contributed by atoms with Crippen LogP contribution in [0, 0.1) is 31.4 Å². The Hall–Kier alpha value is -1.84. The molecule has 0 bridgehead atoms. The SMILES string of the molecule is Cc1ccc(-c2ccc(C)c(F)c2F)nc1F. The van der Waals surface area contributed by atoms with E-state index in [1.165, 1.54) is 31.2 Å². The Morgan fingerprint density at radius 1 is 0.824 bits per heavy atom. The fourth-order valence-electron chi connectivity index (χ4n) is 1.50. The third-order valence-electron chi connectivity index (χ3n) is 2.59. The van der Waals surface area contributed by atoms with Crippen LogP contribution in [0.25, 0.3) is 11.3 Å². The maximum atomic E-state index is 13.6. The molecule has 0 unspecified atom stereocenters. The van der Waals surface area contributed by atoms with Gasteiger partial charge in [0.1, 0.15) is 0 Å². The third kappa shape index (κ3) is 2.02. The molecule has 1 aromatic heterocycles. The second-order valence-corrected chi connectivity index (χ2v) is 3.86. The first-order valence-electron chi connectivity index (χ1n) is 5.09. The van der Waals surface area contributed by atoms with Crippen LogP contribution in [-0.2, 0) is 0 Å². The molecule has 1 nitrogen and oxygen atoms in total. The summed E-state index contributed by atoms with van der Waals surface area (Å²) in [6.07, 6.45) is 0. The van der Waals surface area contributed by atoms with Gasteiger partial charge >= 0.3 is 0 Å². The van der Waals surface area contributed by atoms with Crippen LogP contribution in [0.4, 0.5) is 13.2 Å². The minimum Gasteiger partial charge on any atom is -0.219 e. The van der Waals surface area contributed by atoms with Gasteiger partial charge < -0.3 is 0 Å². The Bertz CT molecular complexity index is 579. The highest BCUT2D eigenvalue weighted by Gasteiger charge is 2.14. The summed E-state index contributed by atoms with van der Waals surface area (Å²) in [4.78, 5) is 3.60. The van der Waals surface area contributed by atoms with Gasteiger partial charge in [0.05, 0.1) is 5.69 Å². The molecule has 1 heterocycles. The normalized spacial score (nSPS) is 10.6. The molecule has 0 atom stereocenters. The molecule has 2 rings (SSSR count). The fraction of sp³-hybridized carbons (Fsp3) is 0.154. The first-order valence-corrected chi connectivity index (χ1v) is 5.09. The van der Waals surface area contributed by atoms with E-state index in [1.54, 1.807) is 6.92 Å². The number of hydrogen-bond donors (Lipinski definition) is 0. The summed E-state index contributed by atoms with van der Waals surface area (Å²) < 4.78 is 40.3. The molecule has 0 spiro atoms. The van der Waals surface area contributed by atoms with Crippen molar-refractivity contribution >= 4 is 0 Å². The van der Waals surface area contributed by atoms with E-state index >= 15 is 0 Å². The van der Waals surface area contributed by atoms with Crippen LogP contribution in [0.1, 0.15) is 11.1 Å². The molecule has 0 aliphatic carbocycles. The number of halogens is 3. The smallest absolute Gasteiger partial charge is 0.216 e. The number of aryl methyl sites for hydroxylation is 2. The molecule has 0 saturated carbocycles. The summed E-state index contributed by atoms with van der Waals surface area (Å²) in [5, 5.41) is 0. The van der Waals surface area contributed by atoms with Crippen LogP contribution in [0.3, 0.4) is 0 Å². The molecule has 1 aromatic carbocycles. The quantitative estimate of drug-likeness (QED) is 0.688. The summed E-state index contributed by atoms with van der Waals surface area (Å²) in [6, 6.07) is 5.78. The maximum Gasteiger partial charge on any atom is 0.216 e. The van der Waals surface area contributed by atoms with Crippen molar-refractivity contribution in [2.24, 2.45) is 0 Å². The molecule has 0 aliphatic heterocycles. The van der Waals surface area contributed by atoms with Crippen molar-refractivity contribution in [1.82, 2.24) is 4.98 Å².